The number of aliphatic hydroxyl groups excluding tert-OH is 1. The van der Waals surface area contributed by atoms with E-state index in [1.165, 1.54) is 0 Å². The standard InChI is InChI=1S/C10H9NO2/c1-8(10(12)7-11)13-9-5-3-2-4-6-9/h2-6,10,12H,1H2. The molecule has 1 rings (SSSR count). The van der Waals surface area contributed by atoms with Crippen LogP contribution in [0.25, 0.3) is 0 Å². The Hall–Kier alpha value is -1.79. The molecule has 0 fully saturated rings. The van der Waals surface area contributed by atoms with Gasteiger partial charge in [-0.15, -0.1) is 0 Å². The third-order valence-corrected chi connectivity index (χ3v) is 1.42. The summed E-state index contributed by atoms with van der Waals surface area (Å²) in [4.78, 5) is 0. The number of aliphatic hydroxyl groups is 1. The predicted molar refractivity (Wildman–Crippen MR) is 47.8 cm³/mol. The second-order valence-corrected chi connectivity index (χ2v) is 2.41. The quantitative estimate of drug-likeness (QED) is 0.559. The molecule has 0 aliphatic heterocycles. The summed E-state index contributed by atoms with van der Waals surface area (Å²) in [7, 11) is 0. The molecule has 1 aromatic rings. The zero-order valence-electron chi connectivity index (χ0n) is 6.97. The van der Waals surface area contributed by atoms with Crippen LogP contribution in [0.5, 0.6) is 5.75 Å². The molecule has 0 bridgehead atoms. The van der Waals surface area contributed by atoms with Gasteiger partial charge in [-0.2, -0.15) is 5.26 Å². The van der Waals surface area contributed by atoms with Gasteiger partial charge in [0.15, 0.2) is 6.10 Å². The van der Waals surface area contributed by atoms with Crippen LogP contribution in [-0.4, -0.2) is 11.2 Å². The van der Waals surface area contributed by atoms with Gasteiger partial charge in [0.2, 0.25) is 0 Å². The Bertz CT molecular complexity index is 327. The van der Waals surface area contributed by atoms with E-state index >= 15 is 0 Å². The minimum Gasteiger partial charge on any atom is -0.458 e. The molecule has 66 valence electrons. The molecule has 3 heteroatoms. The average molecular weight is 175 g/mol. The first kappa shape index (κ1) is 9.30. The monoisotopic (exact) mass is 175 g/mol. The van der Waals surface area contributed by atoms with Gasteiger partial charge in [-0.3, -0.25) is 0 Å². The number of rotatable bonds is 3. The van der Waals surface area contributed by atoms with Crippen LogP contribution >= 0.6 is 0 Å². The molecule has 0 aromatic heterocycles. The lowest BCUT2D eigenvalue weighted by atomic mass is 10.3. The highest BCUT2D eigenvalue weighted by molar-refractivity contribution is 5.24. The zero-order valence-corrected chi connectivity index (χ0v) is 6.97. The number of nitriles is 1. The maximum atomic E-state index is 9.00. The van der Waals surface area contributed by atoms with E-state index in [1.807, 2.05) is 6.07 Å². The lowest BCUT2D eigenvalue weighted by Gasteiger charge is -2.08. The van der Waals surface area contributed by atoms with Crippen molar-refractivity contribution in [3.63, 3.8) is 0 Å². The lowest BCUT2D eigenvalue weighted by Crippen LogP contribution is -2.11. The smallest absolute Gasteiger partial charge is 0.198 e. The summed E-state index contributed by atoms with van der Waals surface area (Å²) in [6.07, 6.45) is -1.28. The highest BCUT2D eigenvalue weighted by Crippen LogP contribution is 2.13. The van der Waals surface area contributed by atoms with E-state index < -0.39 is 6.10 Å². The highest BCUT2D eigenvalue weighted by atomic mass is 16.5. The molecule has 13 heavy (non-hydrogen) atoms. The Morgan fingerprint density at radius 2 is 2.08 bits per heavy atom. The van der Waals surface area contributed by atoms with Crippen LogP contribution < -0.4 is 4.74 Å². The van der Waals surface area contributed by atoms with E-state index in [1.54, 1.807) is 30.3 Å². The molecule has 0 saturated heterocycles. The first-order valence-corrected chi connectivity index (χ1v) is 3.73. The molecule has 1 unspecified atom stereocenters. The Morgan fingerprint density at radius 3 is 2.62 bits per heavy atom. The van der Waals surface area contributed by atoms with Crippen molar-refractivity contribution in [2.24, 2.45) is 0 Å². The molecule has 0 saturated carbocycles. The molecule has 0 heterocycles. The van der Waals surface area contributed by atoms with E-state index in [-0.39, 0.29) is 5.76 Å². The van der Waals surface area contributed by atoms with Crippen LogP contribution in [0.2, 0.25) is 0 Å². The Morgan fingerprint density at radius 1 is 1.46 bits per heavy atom. The number of nitrogens with zero attached hydrogens (tertiary/aromatic N) is 1. The van der Waals surface area contributed by atoms with Crippen molar-refractivity contribution >= 4 is 0 Å². The Balaban J connectivity index is 2.62. The average Bonchev–Trinajstić information content (AvgIpc) is 2.18. The molecule has 0 spiro atoms. The molecule has 0 aliphatic carbocycles. The molecule has 1 atom stereocenters. The van der Waals surface area contributed by atoms with Gasteiger partial charge in [0.1, 0.15) is 17.6 Å². The van der Waals surface area contributed by atoms with Gasteiger partial charge in [-0.1, -0.05) is 24.8 Å². The SMILES string of the molecule is C=C(Oc1ccccc1)C(O)C#N. The number of hydrogen-bond acceptors (Lipinski definition) is 3. The van der Waals surface area contributed by atoms with E-state index in [4.69, 9.17) is 15.1 Å². The van der Waals surface area contributed by atoms with Crippen molar-refractivity contribution in [3.05, 3.63) is 42.7 Å². The van der Waals surface area contributed by atoms with E-state index in [0.29, 0.717) is 5.75 Å². The highest BCUT2D eigenvalue weighted by Gasteiger charge is 2.08. The van der Waals surface area contributed by atoms with Crippen molar-refractivity contribution in [2.75, 3.05) is 0 Å². The molecule has 0 radical (unpaired) electrons. The molecule has 1 aromatic carbocycles. The minimum absolute atomic E-state index is 0.0358. The van der Waals surface area contributed by atoms with Crippen LogP contribution in [0.4, 0.5) is 0 Å². The fourth-order valence-corrected chi connectivity index (χ4v) is 0.768. The summed E-state index contributed by atoms with van der Waals surface area (Å²) >= 11 is 0. The summed E-state index contributed by atoms with van der Waals surface area (Å²) in [5.41, 5.74) is 0. The number of hydrogen-bond donors (Lipinski definition) is 1. The fourth-order valence-electron chi connectivity index (χ4n) is 0.768. The third kappa shape index (κ3) is 2.62. The first-order chi connectivity index (χ1) is 6.24. The summed E-state index contributed by atoms with van der Waals surface area (Å²) < 4.78 is 5.10. The van der Waals surface area contributed by atoms with Gasteiger partial charge in [0, 0.05) is 0 Å². The maximum Gasteiger partial charge on any atom is 0.198 e. The van der Waals surface area contributed by atoms with Crippen LogP contribution in [0.15, 0.2) is 42.7 Å². The molecular weight excluding hydrogens is 166 g/mol. The zero-order chi connectivity index (χ0) is 9.68. The Kier molecular flexibility index (Phi) is 3.07. The summed E-state index contributed by atoms with van der Waals surface area (Å²) in [6.45, 7) is 3.43. The van der Waals surface area contributed by atoms with Crippen LogP contribution in [0.3, 0.4) is 0 Å². The molecule has 3 nitrogen and oxygen atoms in total. The van der Waals surface area contributed by atoms with Crippen molar-refractivity contribution in [2.45, 2.75) is 6.10 Å². The number of ether oxygens (including phenoxy) is 1. The second kappa shape index (κ2) is 4.29. The molecular formula is C10H9NO2. The molecule has 0 aliphatic rings. The number of para-hydroxylation sites is 1. The van der Waals surface area contributed by atoms with Crippen LogP contribution in [0.1, 0.15) is 0 Å². The van der Waals surface area contributed by atoms with Crippen LogP contribution in [0, 0.1) is 11.3 Å². The number of benzene rings is 1. The second-order valence-electron chi connectivity index (χ2n) is 2.41. The topological polar surface area (TPSA) is 53.2 Å². The maximum absolute atomic E-state index is 9.00. The van der Waals surface area contributed by atoms with Crippen LogP contribution in [-0.2, 0) is 0 Å². The van der Waals surface area contributed by atoms with Crippen molar-refractivity contribution in [1.29, 1.82) is 5.26 Å². The van der Waals surface area contributed by atoms with E-state index in [9.17, 15) is 0 Å². The van der Waals surface area contributed by atoms with Gasteiger partial charge >= 0.3 is 0 Å². The lowest BCUT2D eigenvalue weighted by molar-refractivity contribution is 0.208. The largest absolute Gasteiger partial charge is 0.458 e. The normalized spacial score (nSPS) is 11.4. The van der Waals surface area contributed by atoms with Crippen molar-refractivity contribution in [1.82, 2.24) is 0 Å². The Labute approximate surface area is 76.5 Å². The fraction of sp³-hybridized carbons (Fsp3) is 0.100. The summed E-state index contributed by atoms with van der Waals surface area (Å²) in [5.74, 6) is 0.593. The van der Waals surface area contributed by atoms with Crippen molar-refractivity contribution < 1.29 is 9.84 Å². The van der Waals surface area contributed by atoms with Gasteiger partial charge in [-0.25, -0.2) is 0 Å². The van der Waals surface area contributed by atoms with E-state index in [2.05, 4.69) is 6.58 Å². The minimum atomic E-state index is -1.28. The van der Waals surface area contributed by atoms with Gasteiger partial charge in [-0.05, 0) is 12.1 Å². The van der Waals surface area contributed by atoms with Gasteiger partial charge in [0.25, 0.3) is 0 Å². The van der Waals surface area contributed by atoms with Crippen molar-refractivity contribution in [3.8, 4) is 11.8 Å². The molecule has 1 N–H and O–H groups in total. The first-order valence-electron chi connectivity index (χ1n) is 3.73. The van der Waals surface area contributed by atoms with Gasteiger partial charge < -0.3 is 9.84 Å². The predicted octanol–water partition coefficient (Wildman–Crippen LogP) is 1.46. The van der Waals surface area contributed by atoms with Gasteiger partial charge in [0.05, 0.1) is 0 Å². The third-order valence-electron chi connectivity index (χ3n) is 1.42. The molecule has 0 amide bonds. The van der Waals surface area contributed by atoms with E-state index in [0.717, 1.165) is 0 Å². The summed E-state index contributed by atoms with van der Waals surface area (Å²) in [5, 5.41) is 17.3. The summed E-state index contributed by atoms with van der Waals surface area (Å²) in [6, 6.07) is 10.5.